The molecule has 4 nitrogen and oxygen atoms in total. The van der Waals surface area contributed by atoms with E-state index in [2.05, 4.69) is 168 Å². The molecule has 0 amide bonds. The Balaban J connectivity index is 0.974. The van der Waals surface area contributed by atoms with Gasteiger partial charge in [0.1, 0.15) is 12.0 Å². The first kappa shape index (κ1) is 32.4. The van der Waals surface area contributed by atoms with Crippen LogP contribution >= 0.6 is 22.7 Å². The number of aliphatic imine (C=N–C) groups is 2. The van der Waals surface area contributed by atoms with Gasteiger partial charge in [-0.05, 0) is 53.6 Å². The van der Waals surface area contributed by atoms with E-state index in [0.717, 1.165) is 28.4 Å². The Morgan fingerprint density at radius 3 is 1.96 bits per heavy atom. The molecule has 6 heteroatoms. The normalized spacial score (nSPS) is 14.5. The average Bonchev–Trinajstić information content (AvgIpc) is 3.96. The number of nitrogens with zero attached hydrogens (tertiary/aromatic N) is 3. The van der Waals surface area contributed by atoms with Crippen molar-refractivity contribution in [2.24, 2.45) is 9.98 Å². The number of thiophene rings is 2. The van der Waals surface area contributed by atoms with Crippen molar-refractivity contribution in [3.63, 3.8) is 0 Å². The van der Waals surface area contributed by atoms with Gasteiger partial charge in [0.05, 0.1) is 11.0 Å². The summed E-state index contributed by atoms with van der Waals surface area (Å²) in [4.78, 5) is 10.2. The van der Waals surface area contributed by atoms with Crippen LogP contribution in [0, 0.1) is 0 Å². The first-order chi connectivity index (χ1) is 28.2. The molecule has 1 atom stereocenters. The lowest BCUT2D eigenvalue weighted by molar-refractivity contribution is 0.680. The monoisotopic (exact) mass is 764 g/mol. The van der Waals surface area contributed by atoms with E-state index < -0.39 is 0 Å². The molecule has 4 heterocycles. The van der Waals surface area contributed by atoms with Gasteiger partial charge in [0, 0.05) is 73.5 Å². The van der Waals surface area contributed by atoms with Gasteiger partial charge in [-0.2, -0.15) is 0 Å². The van der Waals surface area contributed by atoms with Gasteiger partial charge < -0.3 is 9.88 Å². The fourth-order valence-corrected chi connectivity index (χ4v) is 11.1. The first-order valence-corrected chi connectivity index (χ1v) is 20.8. The van der Waals surface area contributed by atoms with Crippen LogP contribution in [-0.2, 0) is 0 Å². The molecule has 1 aliphatic rings. The number of benzene rings is 8. The molecule has 1 N–H and O–H groups in total. The van der Waals surface area contributed by atoms with Gasteiger partial charge in [-0.15, -0.1) is 22.7 Å². The third-order valence-electron chi connectivity index (χ3n) is 11.3. The fourth-order valence-electron chi connectivity index (χ4n) is 8.67. The molecule has 57 heavy (non-hydrogen) atoms. The zero-order chi connectivity index (χ0) is 37.5. The number of fused-ring (bicyclic) bond motifs is 9. The molecule has 1 unspecified atom stereocenters. The molecule has 8 aromatic carbocycles. The molecule has 268 valence electrons. The van der Waals surface area contributed by atoms with Crippen molar-refractivity contribution in [3.05, 3.63) is 199 Å². The highest BCUT2D eigenvalue weighted by atomic mass is 32.1. The second-order valence-electron chi connectivity index (χ2n) is 14.6. The van der Waals surface area contributed by atoms with E-state index in [1.165, 1.54) is 79.0 Å². The lowest BCUT2D eigenvalue weighted by atomic mass is 9.97. The summed E-state index contributed by atoms with van der Waals surface area (Å²) in [5.41, 5.74) is 9.31. The smallest absolute Gasteiger partial charge is 0.159 e. The van der Waals surface area contributed by atoms with E-state index in [-0.39, 0.29) is 6.17 Å². The molecule has 0 saturated heterocycles. The van der Waals surface area contributed by atoms with Crippen LogP contribution in [0.4, 0.5) is 0 Å². The largest absolute Gasteiger partial charge is 0.344 e. The average molecular weight is 765 g/mol. The maximum atomic E-state index is 5.23. The van der Waals surface area contributed by atoms with Gasteiger partial charge in [0.2, 0.25) is 0 Å². The van der Waals surface area contributed by atoms with Crippen molar-refractivity contribution < 1.29 is 0 Å². The van der Waals surface area contributed by atoms with Gasteiger partial charge in [-0.25, -0.2) is 9.98 Å². The standard InChI is InChI=1S/C51H32N4S2/c1-3-13-31(14-4-1)49-52-50(32-15-5-2-6-16-32)54-51(53-49)40-21-11-20-39-47-35(19-12-24-45(47)57-48(39)40)33-25-28-44-41(29-33)38-27-26-34(30-46(38)56-44)55-42-22-9-7-17-36(42)37-18-8-10-23-43(37)55/h1-30,51H,(H,52,53,54). The molecule has 11 aromatic rings. The topological polar surface area (TPSA) is 41.7 Å². The summed E-state index contributed by atoms with van der Waals surface area (Å²) in [6.45, 7) is 0. The van der Waals surface area contributed by atoms with E-state index in [4.69, 9.17) is 9.98 Å². The number of aromatic nitrogens is 1. The summed E-state index contributed by atoms with van der Waals surface area (Å²) in [6.07, 6.45) is -0.297. The summed E-state index contributed by atoms with van der Waals surface area (Å²) >= 11 is 3.72. The first-order valence-electron chi connectivity index (χ1n) is 19.2. The molecule has 0 bridgehead atoms. The van der Waals surface area contributed by atoms with Crippen molar-refractivity contribution in [3.8, 4) is 16.8 Å². The summed E-state index contributed by atoms with van der Waals surface area (Å²) in [7, 11) is 0. The minimum Gasteiger partial charge on any atom is -0.344 e. The van der Waals surface area contributed by atoms with E-state index in [1.54, 1.807) is 0 Å². The number of hydrogen-bond donors (Lipinski definition) is 1. The zero-order valence-electron chi connectivity index (χ0n) is 30.6. The van der Waals surface area contributed by atoms with Crippen LogP contribution in [0.1, 0.15) is 22.9 Å². The number of nitrogens with one attached hydrogen (secondary N) is 1. The molecule has 3 aromatic heterocycles. The van der Waals surface area contributed by atoms with E-state index in [9.17, 15) is 0 Å². The van der Waals surface area contributed by atoms with E-state index >= 15 is 0 Å². The predicted octanol–water partition coefficient (Wildman–Crippen LogP) is 13.7. The van der Waals surface area contributed by atoms with Crippen LogP contribution in [0.15, 0.2) is 192 Å². The van der Waals surface area contributed by atoms with Crippen molar-refractivity contribution >= 4 is 96.5 Å². The quantitative estimate of drug-likeness (QED) is 0.186. The van der Waals surface area contributed by atoms with Crippen LogP contribution in [0.5, 0.6) is 0 Å². The van der Waals surface area contributed by atoms with Crippen molar-refractivity contribution in [2.75, 3.05) is 0 Å². The molecule has 1 aliphatic heterocycles. The predicted molar refractivity (Wildman–Crippen MR) is 244 cm³/mol. The minimum absolute atomic E-state index is 0.297. The number of hydrogen-bond acceptors (Lipinski definition) is 5. The maximum absolute atomic E-state index is 5.23. The minimum atomic E-state index is -0.297. The second-order valence-corrected chi connectivity index (χ2v) is 16.7. The van der Waals surface area contributed by atoms with Gasteiger partial charge >= 0.3 is 0 Å². The Morgan fingerprint density at radius 1 is 0.474 bits per heavy atom. The van der Waals surface area contributed by atoms with Gasteiger partial charge in [-0.3, -0.25) is 0 Å². The third-order valence-corrected chi connectivity index (χ3v) is 13.6. The molecule has 12 rings (SSSR count). The van der Waals surface area contributed by atoms with Crippen LogP contribution in [0.3, 0.4) is 0 Å². The van der Waals surface area contributed by atoms with E-state index in [1.807, 2.05) is 46.9 Å². The van der Waals surface area contributed by atoms with Crippen LogP contribution < -0.4 is 5.32 Å². The maximum Gasteiger partial charge on any atom is 0.159 e. The number of amidine groups is 2. The van der Waals surface area contributed by atoms with Crippen molar-refractivity contribution in [1.82, 2.24) is 9.88 Å². The molecule has 0 saturated carbocycles. The molecule has 0 spiro atoms. The van der Waals surface area contributed by atoms with Gasteiger partial charge in [0.25, 0.3) is 0 Å². The highest BCUT2D eigenvalue weighted by Gasteiger charge is 2.24. The molecule has 0 aliphatic carbocycles. The molecular weight excluding hydrogens is 733 g/mol. The third kappa shape index (κ3) is 5.18. The summed E-state index contributed by atoms with van der Waals surface area (Å²) in [5, 5.41) is 11.4. The van der Waals surface area contributed by atoms with Crippen molar-refractivity contribution in [2.45, 2.75) is 6.17 Å². The van der Waals surface area contributed by atoms with E-state index in [0.29, 0.717) is 0 Å². The Hall–Kier alpha value is -6.86. The summed E-state index contributed by atoms with van der Waals surface area (Å²) < 4.78 is 7.49. The number of para-hydroxylation sites is 2. The van der Waals surface area contributed by atoms with Gasteiger partial charge in [0.15, 0.2) is 5.84 Å². The Kier molecular flexibility index (Phi) is 7.30. The molecule has 0 fully saturated rings. The Bertz CT molecular complexity index is 3390. The second kappa shape index (κ2) is 12.8. The van der Waals surface area contributed by atoms with Crippen LogP contribution in [-0.4, -0.2) is 16.2 Å². The van der Waals surface area contributed by atoms with Crippen LogP contribution in [0.2, 0.25) is 0 Å². The highest BCUT2D eigenvalue weighted by Crippen LogP contribution is 2.45. The lowest BCUT2D eigenvalue weighted by Crippen LogP contribution is -2.33. The SMILES string of the molecule is c1ccc(C2=NC(c3cccc4c3sc3cccc(-c5ccc6sc7cc(-n8c9ccccc9c9ccccc98)ccc7c6c5)c34)NC(c3ccccc3)=N2)cc1. The zero-order valence-corrected chi connectivity index (χ0v) is 32.2. The van der Waals surface area contributed by atoms with Gasteiger partial charge in [-0.1, -0.05) is 140 Å². The van der Waals surface area contributed by atoms with Crippen molar-refractivity contribution in [1.29, 1.82) is 0 Å². The summed E-state index contributed by atoms with van der Waals surface area (Å²) in [6, 6.07) is 65.4. The Labute approximate surface area is 336 Å². The van der Waals surface area contributed by atoms with Crippen LogP contribution in [0.25, 0.3) is 79.0 Å². The fraction of sp³-hybridized carbons (Fsp3) is 0.0196. The molecule has 0 radical (unpaired) electrons. The molecular formula is C51H32N4S2. The Morgan fingerprint density at radius 2 is 1.18 bits per heavy atom. The highest BCUT2D eigenvalue weighted by molar-refractivity contribution is 7.26. The number of rotatable bonds is 5. The lowest BCUT2D eigenvalue weighted by Gasteiger charge is -2.24. The summed E-state index contributed by atoms with van der Waals surface area (Å²) in [5.74, 6) is 1.56.